The van der Waals surface area contributed by atoms with Crippen molar-refractivity contribution in [1.29, 1.82) is 0 Å². The molecule has 5 heteroatoms. The SMILES string of the molecule is COC(=O)c1ccc(Cn2cnc3c2CCCC3)cc1F. The lowest BCUT2D eigenvalue weighted by Gasteiger charge is -2.14. The Morgan fingerprint density at radius 2 is 2.19 bits per heavy atom. The van der Waals surface area contributed by atoms with Gasteiger partial charge in [0.2, 0.25) is 0 Å². The van der Waals surface area contributed by atoms with E-state index in [9.17, 15) is 9.18 Å². The maximum atomic E-state index is 13.9. The number of imidazole rings is 1. The van der Waals surface area contributed by atoms with Gasteiger partial charge in [0.15, 0.2) is 0 Å². The van der Waals surface area contributed by atoms with Crippen molar-refractivity contribution >= 4 is 5.97 Å². The first kappa shape index (κ1) is 13.8. The van der Waals surface area contributed by atoms with Crippen molar-refractivity contribution in [3.05, 3.63) is 52.9 Å². The van der Waals surface area contributed by atoms with Crippen LogP contribution in [0, 0.1) is 5.82 Å². The highest BCUT2D eigenvalue weighted by molar-refractivity contribution is 5.89. The van der Waals surface area contributed by atoms with Crippen LogP contribution >= 0.6 is 0 Å². The second-order valence-electron chi connectivity index (χ2n) is 5.28. The number of aromatic nitrogens is 2. The summed E-state index contributed by atoms with van der Waals surface area (Å²) in [5, 5.41) is 0. The van der Waals surface area contributed by atoms with Crippen LogP contribution in [-0.2, 0) is 24.1 Å². The summed E-state index contributed by atoms with van der Waals surface area (Å²) in [5.41, 5.74) is 3.19. The van der Waals surface area contributed by atoms with E-state index in [-0.39, 0.29) is 5.56 Å². The smallest absolute Gasteiger partial charge is 0.340 e. The number of benzene rings is 1. The minimum absolute atomic E-state index is 0.0334. The standard InChI is InChI=1S/C16H17FN2O2/c1-21-16(20)12-7-6-11(8-13(12)17)9-19-10-18-14-4-2-3-5-15(14)19/h6-8,10H,2-5,9H2,1H3. The molecule has 0 saturated heterocycles. The molecule has 0 saturated carbocycles. The van der Waals surface area contributed by atoms with Crippen LogP contribution in [0.3, 0.4) is 0 Å². The Bertz CT molecular complexity index is 679. The second kappa shape index (κ2) is 5.68. The number of aryl methyl sites for hydroxylation is 1. The minimum Gasteiger partial charge on any atom is -0.465 e. The van der Waals surface area contributed by atoms with E-state index in [0.717, 1.165) is 24.1 Å². The molecule has 4 nitrogen and oxygen atoms in total. The maximum absolute atomic E-state index is 13.9. The molecule has 21 heavy (non-hydrogen) atoms. The number of fused-ring (bicyclic) bond motifs is 1. The monoisotopic (exact) mass is 288 g/mol. The third kappa shape index (κ3) is 2.68. The third-order valence-electron chi connectivity index (χ3n) is 3.90. The first-order valence-electron chi connectivity index (χ1n) is 7.08. The summed E-state index contributed by atoms with van der Waals surface area (Å²) in [6.07, 6.45) is 6.24. The van der Waals surface area contributed by atoms with E-state index in [2.05, 4.69) is 14.3 Å². The van der Waals surface area contributed by atoms with Crippen LogP contribution in [0.4, 0.5) is 4.39 Å². The molecule has 0 unspecified atom stereocenters. The van der Waals surface area contributed by atoms with Crippen LogP contribution in [0.2, 0.25) is 0 Å². The summed E-state index contributed by atoms with van der Waals surface area (Å²) in [6.45, 7) is 0.570. The lowest BCUT2D eigenvalue weighted by Crippen LogP contribution is -2.10. The van der Waals surface area contributed by atoms with Gasteiger partial charge in [-0.3, -0.25) is 0 Å². The largest absolute Gasteiger partial charge is 0.465 e. The maximum Gasteiger partial charge on any atom is 0.340 e. The van der Waals surface area contributed by atoms with Crippen molar-refractivity contribution in [3.8, 4) is 0 Å². The van der Waals surface area contributed by atoms with Crippen molar-refractivity contribution in [2.45, 2.75) is 32.2 Å². The fraction of sp³-hybridized carbons (Fsp3) is 0.375. The van der Waals surface area contributed by atoms with Crippen LogP contribution in [0.15, 0.2) is 24.5 Å². The van der Waals surface area contributed by atoms with Crippen LogP contribution in [0.5, 0.6) is 0 Å². The number of esters is 1. The van der Waals surface area contributed by atoms with Crippen molar-refractivity contribution in [2.24, 2.45) is 0 Å². The Balaban J connectivity index is 1.84. The second-order valence-corrected chi connectivity index (χ2v) is 5.28. The van der Waals surface area contributed by atoms with Gasteiger partial charge in [0.1, 0.15) is 5.82 Å². The number of ether oxygens (including phenoxy) is 1. The van der Waals surface area contributed by atoms with E-state index in [1.807, 2.05) is 6.33 Å². The number of hydrogen-bond donors (Lipinski definition) is 0. The molecule has 0 spiro atoms. The van der Waals surface area contributed by atoms with Crippen LogP contribution in [0.1, 0.15) is 40.2 Å². The molecule has 1 heterocycles. The van der Waals surface area contributed by atoms with Crippen LogP contribution in [0.25, 0.3) is 0 Å². The Morgan fingerprint density at radius 1 is 1.38 bits per heavy atom. The van der Waals surface area contributed by atoms with Gasteiger partial charge in [-0.1, -0.05) is 6.07 Å². The fourth-order valence-corrected chi connectivity index (χ4v) is 2.80. The molecule has 1 aromatic carbocycles. The summed E-state index contributed by atoms with van der Waals surface area (Å²) in [5.74, 6) is -1.20. The predicted octanol–water partition coefficient (Wildman–Crippen LogP) is 2.74. The van der Waals surface area contributed by atoms with Gasteiger partial charge in [-0.15, -0.1) is 0 Å². The van der Waals surface area contributed by atoms with Crippen molar-refractivity contribution in [1.82, 2.24) is 9.55 Å². The molecular weight excluding hydrogens is 271 g/mol. The van der Waals surface area contributed by atoms with Gasteiger partial charge in [0.25, 0.3) is 0 Å². The van der Waals surface area contributed by atoms with Gasteiger partial charge >= 0.3 is 5.97 Å². The van der Waals surface area contributed by atoms with Crippen LogP contribution in [-0.4, -0.2) is 22.6 Å². The normalized spacial score (nSPS) is 13.8. The molecular formula is C16H17FN2O2. The summed E-state index contributed by atoms with van der Waals surface area (Å²) in [6, 6.07) is 4.62. The van der Waals surface area contributed by atoms with E-state index in [0.29, 0.717) is 6.54 Å². The Morgan fingerprint density at radius 3 is 2.95 bits per heavy atom. The third-order valence-corrected chi connectivity index (χ3v) is 3.90. The fourth-order valence-electron chi connectivity index (χ4n) is 2.80. The summed E-state index contributed by atoms with van der Waals surface area (Å²) < 4.78 is 20.5. The highest BCUT2D eigenvalue weighted by Crippen LogP contribution is 2.21. The molecule has 0 fully saturated rings. The number of carbonyl (C=O) groups is 1. The number of rotatable bonds is 3. The van der Waals surface area contributed by atoms with Gasteiger partial charge in [-0.2, -0.15) is 0 Å². The molecule has 0 aliphatic heterocycles. The number of halogens is 1. The highest BCUT2D eigenvalue weighted by atomic mass is 19.1. The lowest BCUT2D eigenvalue weighted by molar-refractivity contribution is 0.0595. The molecule has 0 amide bonds. The summed E-state index contributed by atoms with van der Waals surface area (Å²) in [4.78, 5) is 15.8. The average molecular weight is 288 g/mol. The van der Waals surface area contributed by atoms with E-state index in [4.69, 9.17) is 0 Å². The van der Waals surface area contributed by atoms with Crippen molar-refractivity contribution in [2.75, 3.05) is 7.11 Å². The number of carbonyl (C=O) groups excluding carboxylic acids is 1. The molecule has 1 aromatic heterocycles. The molecule has 0 N–H and O–H groups in total. The van der Waals surface area contributed by atoms with Gasteiger partial charge in [0, 0.05) is 12.2 Å². The van der Waals surface area contributed by atoms with E-state index in [1.54, 1.807) is 6.07 Å². The molecule has 3 rings (SSSR count). The molecule has 0 bridgehead atoms. The molecule has 0 radical (unpaired) electrons. The molecule has 2 aromatic rings. The minimum atomic E-state index is -0.654. The van der Waals surface area contributed by atoms with E-state index in [1.165, 1.54) is 37.8 Å². The van der Waals surface area contributed by atoms with Gasteiger partial charge in [-0.05, 0) is 43.4 Å². The Labute approximate surface area is 122 Å². The zero-order chi connectivity index (χ0) is 14.8. The highest BCUT2D eigenvalue weighted by Gasteiger charge is 2.16. The Hall–Kier alpha value is -2.17. The Kier molecular flexibility index (Phi) is 3.73. The topological polar surface area (TPSA) is 44.1 Å². The first-order valence-corrected chi connectivity index (χ1v) is 7.08. The number of nitrogens with zero attached hydrogens (tertiary/aromatic N) is 2. The molecule has 0 atom stereocenters. The van der Waals surface area contributed by atoms with Gasteiger partial charge < -0.3 is 9.30 Å². The zero-order valence-corrected chi connectivity index (χ0v) is 11.9. The zero-order valence-electron chi connectivity index (χ0n) is 11.9. The summed E-state index contributed by atoms with van der Waals surface area (Å²) in [7, 11) is 1.24. The number of hydrogen-bond acceptors (Lipinski definition) is 3. The van der Waals surface area contributed by atoms with Gasteiger partial charge in [0.05, 0.1) is 24.7 Å². The average Bonchev–Trinajstić information content (AvgIpc) is 2.90. The van der Waals surface area contributed by atoms with Crippen molar-refractivity contribution < 1.29 is 13.9 Å². The first-order chi connectivity index (χ1) is 10.2. The molecule has 1 aliphatic rings. The lowest BCUT2D eigenvalue weighted by atomic mass is 10.0. The van der Waals surface area contributed by atoms with Crippen molar-refractivity contribution in [3.63, 3.8) is 0 Å². The predicted molar refractivity (Wildman–Crippen MR) is 75.7 cm³/mol. The van der Waals surface area contributed by atoms with E-state index >= 15 is 0 Å². The van der Waals surface area contributed by atoms with Crippen LogP contribution < -0.4 is 0 Å². The summed E-state index contributed by atoms with van der Waals surface area (Å²) >= 11 is 0. The quantitative estimate of drug-likeness (QED) is 0.816. The molecule has 110 valence electrons. The molecule has 1 aliphatic carbocycles. The number of methoxy groups -OCH3 is 1. The van der Waals surface area contributed by atoms with E-state index < -0.39 is 11.8 Å². The van der Waals surface area contributed by atoms with Gasteiger partial charge in [-0.25, -0.2) is 14.2 Å².